The number of carbonyl (C=O) groups is 1. The maximum Gasteiger partial charge on any atom is 0.253 e. The number of carbonyl (C=O) groups excluding carboxylic acids is 1. The summed E-state index contributed by atoms with van der Waals surface area (Å²) in [5.74, 6) is 0.152. The lowest BCUT2D eigenvalue weighted by atomic mass is 10.0. The van der Waals surface area contributed by atoms with Gasteiger partial charge in [-0.15, -0.1) is 0 Å². The monoisotopic (exact) mass is 373 g/mol. The number of amides is 1. The molecule has 2 N–H and O–H groups in total. The zero-order chi connectivity index (χ0) is 18.6. The Morgan fingerprint density at radius 1 is 1.15 bits per heavy atom. The largest absolute Gasteiger partial charge is 0.396 e. The Morgan fingerprint density at radius 2 is 1.93 bits per heavy atom. The molecular weight excluding hydrogens is 342 g/mol. The lowest BCUT2D eigenvalue weighted by Gasteiger charge is -2.35. The summed E-state index contributed by atoms with van der Waals surface area (Å²) in [6, 6.07) is 11.1. The molecule has 3 fully saturated rings. The van der Waals surface area contributed by atoms with Crippen LogP contribution in [0.1, 0.15) is 36.0 Å². The van der Waals surface area contributed by atoms with Gasteiger partial charge in [0.1, 0.15) is 0 Å². The minimum atomic E-state index is 0.152. The van der Waals surface area contributed by atoms with E-state index in [0.29, 0.717) is 18.1 Å². The van der Waals surface area contributed by atoms with Crippen molar-refractivity contribution >= 4 is 5.91 Å². The van der Waals surface area contributed by atoms with E-state index in [1.54, 1.807) is 0 Å². The van der Waals surface area contributed by atoms with Crippen LogP contribution in [0.2, 0.25) is 0 Å². The standard InChI is InChI=1S/C21H31N3O3/c25-11-8-20-14-24-13-18(12-19(24)15-27-20)22-17-6-9-23(10-7-17)21(26)16-4-2-1-3-5-16/h1-5,17-20,22,25H,6-15H2/t18-,19+,20+/m1/s1. The molecule has 1 aromatic carbocycles. The van der Waals surface area contributed by atoms with Crippen molar-refractivity contribution in [3.05, 3.63) is 35.9 Å². The van der Waals surface area contributed by atoms with Gasteiger partial charge >= 0.3 is 0 Å². The zero-order valence-corrected chi connectivity index (χ0v) is 15.9. The highest BCUT2D eigenvalue weighted by atomic mass is 16.5. The van der Waals surface area contributed by atoms with Gasteiger partial charge in [-0.3, -0.25) is 9.69 Å². The molecule has 3 atom stereocenters. The molecule has 148 valence electrons. The molecule has 27 heavy (non-hydrogen) atoms. The summed E-state index contributed by atoms with van der Waals surface area (Å²) in [6.07, 6.45) is 4.08. The summed E-state index contributed by atoms with van der Waals surface area (Å²) in [4.78, 5) is 17.1. The predicted molar refractivity (Wildman–Crippen MR) is 104 cm³/mol. The Hall–Kier alpha value is -1.47. The van der Waals surface area contributed by atoms with E-state index < -0.39 is 0 Å². The van der Waals surface area contributed by atoms with Gasteiger partial charge in [-0.05, 0) is 37.8 Å². The molecule has 0 spiro atoms. The number of morpholine rings is 1. The number of nitrogens with one attached hydrogen (secondary N) is 1. The Morgan fingerprint density at radius 3 is 2.67 bits per heavy atom. The SMILES string of the molecule is O=C(c1ccccc1)N1CCC(N[C@@H]2C[C@H]3CO[C@@H](CCO)CN3C2)CC1. The minimum Gasteiger partial charge on any atom is -0.396 e. The number of piperidine rings is 1. The quantitative estimate of drug-likeness (QED) is 0.809. The van der Waals surface area contributed by atoms with E-state index in [4.69, 9.17) is 9.84 Å². The maximum atomic E-state index is 12.6. The van der Waals surface area contributed by atoms with Crippen LogP contribution in [0.5, 0.6) is 0 Å². The van der Waals surface area contributed by atoms with Gasteiger partial charge in [0.25, 0.3) is 5.91 Å². The topological polar surface area (TPSA) is 65.0 Å². The summed E-state index contributed by atoms with van der Waals surface area (Å²) >= 11 is 0. The van der Waals surface area contributed by atoms with Crippen molar-refractivity contribution in [3.8, 4) is 0 Å². The lowest BCUT2D eigenvalue weighted by Crippen LogP contribution is -2.49. The van der Waals surface area contributed by atoms with E-state index >= 15 is 0 Å². The average Bonchev–Trinajstić information content (AvgIpc) is 3.10. The molecule has 3 heterocycles. The first-order valence-corrected chi connectivity index (χ1v) is 10.3. The van der Waals surface area contributed by atoms with Crippen LogP contribution in [0.25, 0.3) is 0 Å². The molecule has 0 saturated carbocycles. The lowest BCUT2D eigenvalue weighted by molar-refractivity contribution is -0.0567. The second-order valence-electron chi connectivity index (χ2n) is 8.11. The van der Waals surface area contributed by atoms with Crippen molar-refractivity contribution < 1.29 is 14.6 Å². The van der Waals surface area contributed by atoms with Gasteiger partial charge in [-0.1, -0.05) is 18.2 Å². The van der Waals surface area contributed by atoms with Crippen LogP contribution in [-0.2, 0) is 4.74 Å². The molecule has 1 aromatic rings. The first kappa shape index (κ1) is 18.9. The van der Waals surface area contributed by atoms with Crippen molar-refractivity contribution in [1.82, 2.24) is 15.1 Å². The van der Waals surface area contributed by atoms with Gasteiger partial charge in [0.15, 0.2) is 0 Å². The number of ether oxygens (including phenoxy) is 1. The van der Waals surface area contributed by atoms with Crippen LogP contribution in [0, 0.1) is 0 Å². The first-order chi connectivity index (χ1) is 13.2. The Labute approximate surface area is 161 Å². The molecule has 0 unspecified atom stereocenters. The first-order valence-electron chi connectivity index (χ1n) is 10.3. The third kappa shape index (κ3) is 4.51. The number of rotatable bonds is 5. The molecule has 3 saturated heterocycles. The number of fused-ring (bicyclic) bond motifs is 1. The maximum absolute atomic E-state index is 12.6. The van der Waals surface area contributed by atoms with Gasteiger partial charge in [-0.2, -0.15) is 0 Å². The number of hydrogen-bond donors (Lipinski definition) is 2. The van der Waals surface area contributed by atoms with Crippen LogP contribution in [0.3, 0.4) is 0 Å². The van der Waals surface area contributed by atoms with Crippen molar-refractivity contribution in [3.63, 3.8) is 0 Å². The minimum absolute atomic E-state index is 0.152. The fourth-order valence-electron chi connectivity index (χ4n) is 4.73. The van der Waals surface area contributed by atoms with Gasteiger partial charge in [0.05, 0.1) is 12.7 Å². The number of nitrogens with zero attached hydrogens (tertiary/aromatic N) is 2. The molecular formula is C21H31N3O3. The highest BCUT2D eigenvalue weighted by Crippen LogP contribution is 2.25. The van der Waals surface area contributed by atoms with Gasteiger partial charge in [0, 0.05) is 56.5 Å². The van der Waals surface area contributed by atoms with Crippen LogP contribution < -0.4 is 5.32 Å². The van der Waals surface area contributed by atoms with E-state index in [2.05, 4.69) is 10.2 Å². The van der Waals surface area contributed by atoms with Crippen LogP contribution in [0.4, 0.5) is 0 Å². The summed E-state index contributed by atoms with van der Waals surface area (Å²) in [5, 5.41) is 13.0. The summed E-state index contributed by atoms with van der Waals surface area (Å²) < 4.78 is 5.88. The fourth-order valence-corrected chi connectivity index (χ4v) is 4.73. The van der Waals surface area contributed by atoms with Gasteiger partial charge < -0.3 is 20.1 Å². The summed E-state index contributed by atoms with van der Waals surface area (Å²) in [7, 11) is 0. The van der Waals surface area contributed by atoms with Crippen molar-refractivity contribution in [2.75, 3.05) is 39.4 Å². The molecule has 0 aliphatic carbocycles. The van der Waals surface area contributed by atoms with Crippen LogP contribution >= 0.6 is 0 Å². The fraction of sp³-hybridized carbons (Fsp3) is 0.667. The Bertz CT molecular complexity index is 618. The smallest absolute Gasteiger partial charge is 0.253 e. The van der Waals surface area contributed by atoms with E-state index in [-0.39, 0.29) is 18.6 Å². The second-order valence-corrected chi connectivity index (χ2v) is 8.11. The molecule has 0 radical (unpaired) electrons. The summed E-state index contributed by atoms with van der Waals surface area (Å²) in [6.45, 7) is 4.64. The number of aliphatic hydroxyl groups is 1. The van der Waals surface area contributed by atoms with E-state index in [0.717, 1.165) is 64.0 Å². The molecule has 6 nitrogen and oxygen atoms in total. The summed E-state index contributed by atoms with van der Waals surface area (Å²) in [5.41, 5.74) is 0.786. The molecule has 4 rings (SSSR count). The zero-order valence-electron chi connectivity index (χ0n) is 15.9. The van der Waals surface area contributed by atoms with Crippen molar-refractivity contribution in [2.24, 2.45) is 0 Å². The van der Waals surface area contributed by atoms with E-state index in [9.17, 15) is 4.79 Å². The second kappa shape index (κ2) is 8.69. The Balaban J connectivity index is 1.23. The van der Waals surface area contributed by atoms with Crippen molar-refractivity contribution in [2.45, 2.75) is 49.9 Å². The molecule has 3 aliphatic heterocycles. The predicted octanol–water partition coefficient (Wildman–Crippen LogP) is 1.10. The van der Waals surface area contributed by atoms with E-state index in [1.165, 1.54) is 0 Å². The number of hydrogen-bond acceptors (Lipinski definition) is 5. The van der Waals surface area contributed by atoms with Crippen molar-refractivity contribution in [1.29, 1.82) is 0 Å². The van der Waals surface area contributed by atoms with Crippen LogP contribution in [0.15, 0.2) is 30.3 Å². The number of likely N-dealkylation sites (tertiary alicyclic amines) is 1. The average molecular weight is 373 g/mol. The van der Waals surface area contributed by atoms with Gasteiger partial charge in [0.2, 0.25) is 0 Å². The normalized spacial score (nSPS) is 29.7. The highest BCUT2D eigenvalue weighted by molar-refractivity contribution is 5.94. The molecule has 1 amide bonds. The van der Waals surface area contributed by atoms with E-state index in [1.807, 2.05) is 35.2 Å². The van der Waals surface area contributed by atoms with Crippen LogP contribution in [-0.4, -0.2) is 84.4 Å². The molecule has 3 aliphatic rings. The Kier molecular flexibility index (Phi) is 6.08. The third-order valence-corrected chi connectivity index (χ3v) is 6.22. The highest BCUT2D eigenvalue weighted by Gasteiger charge is 2.38. The van der Waals surface area contributed by atoms with Gasteiger partial charge in [-0.25, -0.2) is 0 Å². The molecule has 0 aromatic heterocycles. The molecule has 0 bridgehead atoms. The number of aliphatic hydroxyl groups excluding tert-OH is 1. The third-order valence-electron chi connectivity index (χ3n) is 6.22. The number of benzene rings is 1. The molecule has 6 heteroatoms.